The van der Waals surface area contributed by atoms with Gasteiger partial charge < -0.3 is 11.1 Å². The van der Waals surface area contributed by atoms with Crippen molar-refractivity contribution in [2.45, 2.75) is 64.8 Å². The number of carbonyl (C=O) groups is 1. The van der Waals surface area contributed by atoms with Crippen molar-refractivity contribution in [3.05, 3.63) is 0 Å². The molecule has 3 N–H and O–H groups in total. The molecule has 0 bridgehead atoms. The van der Waals surface area contributed by atoms with Gasteiger partial charge in [-0.3, -0.25) is 4.79 Å². The molecule has 3 heteroatoms. The SMILES string of the molecule is CC1(C)CCCC1C(=O)NCC1CCCCC1N. The number of hydrogen-bond donors (Lipinski definition) is 2. The van der Waals surface area contributed by atoms with Crippen LogP contribution in [-0.4, -0.2) is 18.5 Å². The Kier molecular flexibility index (Phi) is 4.31. The average Bonchev–Trinajstić information content (AvgIpc) is 2.67. The van der Waals surface area contributed by atoms with E-state index in [0.29, 0.717) is 5.92 Å². The van der Waals surface area contributed by atoms with Crippen LogP contribution in [0.3, 0.4) is 0 Å². The van der Waals surface area contributed by atoms with Gasteiger partial charge in [0.25, 0.3) is 0 Å². The van der Waals surface area contributed by atoms with Gasteiger partial charge in [0.1, 0.15) is 0 Å². The fraction of sp³-hybridized carbons (Fsp3) is 0.933. The maximum atomic E-state index is 12.3. The Hall–Kier alpha value is -0.570. The molecule has 0 spiro atoms. The molecule has 2 saturated carbocycles. The summed E-state index contributed by atoms with van der Waals surface area (Å²) in [5.41, 5.74) is 6.30. The Morgan fingerprint density at radius 1 is 1.22 bits per heavy atom. The van der Waals surface area contributed by atoms with Crippen molar-refractivity contribution in [3.8, 4) is 0 Å². The Bertz CT molecular complexity index is 301. The molecular formula is C15H28N2O. The zero-order valence-corrected chi connectivity index (χ0v) is 11.9. The third-order valence-corrected chi connectivity index (χ3v) is 5.08. The lowest BCUT2D eigenvalue weighted by Crippen LogP contribution is -2.44. The van der Waals surface area contributed by atoms with Gasteiger partial charge in [-0.25, -0.2) is 0 Å². The molecule has 0 aliphatic heterocycles. The summed E-state index contributed by atoms with van der Waals surface area (Å²) in [7, 11) is 0. The van der Waals surface area contributed by atoms with Crippen LogP contribution < -0.4 is 11.1 Å². The van der Waals surface area contributed by atoms with Crippen molar-refractivity contribution in [2.24, 2.45) is 23.0 Å². The van der Waals surface area contributed by atoms with Crippen molar-refractivity contribution in [3.63, 3.8) is 0 Å². The predicted octanol–water partition coefficient (Wildman–Crippen LogP) is 2.45. The normalized spacial score (nSPS) is 35.4. The van der Waals surface area contributed by atoms with Crippen LogP contribution in [0.15, 0.2) is 0 Å². The minimum atomic E-state index is 0.179. The molecule has 2 aliphatic rings. The standard InChI is InChI=1S/C15H28N2O/c1-15(2)9-5-7-12(15)14(18)17-10-11-6-3-4-8-13(11)16/h11-13H,3-10,16H2,1-2H3,(H,17,18). The lowest BCUT2D eigenvalue weighted by molar-refractivity contribution is -0.127. The smallest absolute Gasteiger partial charge is 0.223 e. The van der Waals surface area contributed by atoms with Crippen LogP contribution in [0.1, 0.15) is 58.8 Å². The van der Waals surface area contributed by atoms with Crippen LogP contribution in [0.25, 0.3) is 0 Å². The van der Waals surface area contributed by atoms with Crippen molar-refractivity contribution in [2.75, 3.05) is 6.54 Å². The summed E-state index contributed by atoms with van der Waals surface area (Å²) in [5, 5.41) is 3.16. The van der Waals surface area contributed by atoms with E-state index in [-0.39, 0.29) is 23.3 Å². The van der Waals surface area contributed by atoms with E-state index >= 15 is 0 Å². The maximum Gasteiger partial charge on any atom is 0.223 e. The van der Waals surface area contributed by atoms with E-state index in [1.165, 1.54) is 32.1 Å². The number of amides is 1. The van der Waals surface area contributed by atoms with Crippen molar-refractivity contribution >= 4 is 5.91 Å². The molecule has 2 rings (SSSR count). The molecule has 2 fully saturated rings. The van der Waals surface area contributed by atoms with E-state index in [9.17, 15) is 4.79 Å². The van der Waals surface area contributed by atoms with Gasteiger partial charge in [0.05, 0.1) is 0 Å². The summed E-state index contributed by atoms with van der Waals surface area (Å²) in [4.78, 5) is 12.3. The second kappa shape index (κ2) is 5.60. The summed E-state index contributed by atoms with van der Waals surface area (Å²) >= 11 is 0. The molecule has 3 nitrogen and oxygen atoms in total. The van der Waals surface area contributed by atoms with E-state index in [1.807, 2.05) is 0 Å². The highest BCUT2D eigenvalue weighted by atomic mass is 16.1. The van der Waals surface area contributed by atoms with Gasteiger partial charge in [-0.1, -0.05) is 33.1 Å². The van der Waals surface area contributed by atoms with Gasteiger partial charge in [0.15, 0.2) is 0 Å². The molecule has 2 aliphatic carbocycles. The second-order valence-corrected chi connectivity index (χ2v) is 6.89. The Balaban J connectivity index is 1.81. The largest absolute Gasteiger partial charge is 0.356 e. The van der Waals surface area contributed by atoms with Crippen LogP contribution in [0.4, 0.5) is 0 Å². The fourth-order valence-corrected chi connectivity index (χ4v) is 3.66. The Morgan fingerprint density at radius 2 is 1.94 bits per heavy atom. The molecule has 18 heavy (non-hydrogen) atoms. The summed E-state index contributed by atoms with van der Waals surface area (Å²) in [5.74, 6) is 0.958. The average molecular weight is 252 g/mol. The zero-order valence-electron chi connectivity index (χ0n) is 11.9. The highest BCUT2D eigenvalue weighted by molar-refractivity contribution is 5.79. The molecule has 0 saturated heterocycles. The Morgan fingerprint density at radius 3 is 2.56 bits per heavy atom. The minimum Gasteiger partial charge on any atom is -0.356 e. The van der Waals surface area contributed by atoms with Gasteiger partial charge >= 0.3 is 0 Å². The van der Waals surface area contributed by atoms with Gasteiger partial charge in [0, 0.05) is 18.5 Å². The minimum absolute atomic E-state index is 0.179. The summed E-state index contributed by atoms with van der Waals surface area (Å²) in [6.07, 6.45) is 8.23. The summed E-state index contributed by atoms with van der Waals surface area (Å²) in [6.45, 7) is 5.22. The first-order valence-corrected chi connectivity index (χ1v) is 7.54. The number of rotatable bonds is 3. The lowest BCUT2D eigenvalue weighted by Gasteiger charge is -2.30. The van der Waals surface area contributed by atoms with Crippen molar-refractivity contribution in [1.82, 2.24) is 5.32 Å². The van der Waals surface area contributed by atoms with Crippen LogP contribution >= 0.6 is 0 Å². The fourth-order valence-electron chi connectivity index (χ4n) is 3.66. The van der Waals surface area contributed by atoms with Gasteiger partial charge in [-0.05, 0) is 37.0 Å². The van der Waals surface area contributed by atoms with Gasteiger partial charge in [-0.2, -0.15) is 0 Å². The molecule has 3 atom stereocenters. The molecule has 3 unspecified atom stereocenters. The van der Waals surface area contributed by atoms with E-state index < -0.39 is 0 Å². The van der Waals surface area contributed by atoms with Crippen LogP contribution in [0, 0.1) is 17.3 Å². The molecule has 0 aromatic heterocycles. The third-order valence-electron chi connectivity index (χ3n) is 5.08. The molecule has 0 aromatic rings. The molecule has 1 amide bonds. The number of nitrogens with two attached hydrogens (primary N) is 1. The van der Waals surface area contributed by atoms with E-state index in [1.54, 1.807) is 0 Å². The second-order valence-electron chi connectivity index (χ2n) is 6.89. The first kappa shape index (κ1) is 13.9. The topological polar surface area (TPSA) is 55.1 Å². The highest BCUT2D eigenvalue weighted by Gasteiger charge is 2.39. The quantitative estimate of drug-likeness (QED) is 0.810. The van der Waals surface area contributed by atoms with Crippen molar-refractivity contribution in [1.29, 1.82) is 0 Å². The molecule has 0 heterocycles. The van der Waals surface area contributed by atoms with Gasteiger partial charge in [0.2, 0.25) is 5.91 Å². The van der Waals surface area contributed by atoms with Crippen LogP contribution in [0.2, 0.25) is 0 Å². The van der Waals surface area contributed by atoms with Gasteiger partial charge in [-0.15, -0.1) is 0 Å². The highest BCUT2D eigenvalue weighted by Crippen LogP contribution is 2.42. The molecule has 104 valence electrons. The van der Waals surface area contributed by atoms with Crippen LogP contribution in [-0.2, 0) is 4.79 Å². The predicted molar refractivity (Wildman–Crippen MR) is 74.1 cm³/mol. The van der Waals surface area contributed by atoms with E-state index in [0.717, 1.165) is 19.4 Å². The number of hydrogen-bond acceptors (Lipinski definition) is 2. The first-order chi connectivity index (χ1) is 8.50. The monoisotopic (exact) mass is 252 g/mol. The molecule has 0 aromatic carbocycles. The Labute approximate surface area is 111 Å². The maximum absolute atomic E-state index is 12.3. The lowest BCUT2D eigenvalue weighted by atomic mass is 9.81. The summed E-state index contributed by atoms with van der Waals surface area (Å²) in [6, 6.07) is 0.288. The third kappa shape index (κ3) is 3.05. The van der Waals surface area contributed by atoms with E-state index in [2.05, 4.69) is 19.2 Å². The number of nitrogens with one attached hydrogen (secondary N) is 1. The summed E-state index contributed by atoms with van der Waals surface area (Å²) < 4.78 is 0. The van der Waals surface area contributed by atoms with Crippen molar-refractivity contribution < 1.29 is 4.79 Å². The van der Waals surface area contributed by atoms with E-state index in [4.69, 9.17) is 5.73 Å². The zero-order chi connectivity index (χ0) is 13.2. The molecular weight excluding hydrogens is 224 g/mol. The first-order valence-electron chi connectivity index (χ1n) is 7.54. The van der Waals surface area contributed by atoms with Crippen LogP contribution in [0.5, 0.6) is 0 Å². The molecule has 0 radical (unpaired) electrons. The number of carbonyl (C=O) groups excluding carboxylic acids is 1.